The van der Waals surface area contributed by atoms with Crippen molar-refractivity contribution in [2.24, 2.45) is 7.05 Å². The number of nitrogens with one attached hydrogen (secondary N) is 2. The molecule has 7 heteroatoms. The zero-order valence-electron chi connectivity index (χ0n) is 16.1. The summed E-state index contributed by atoms with van der Waals surface area (Å²) in [5, 5.41) is 12.7. The van der Waals surface area contributed by atoms with Crippen LogP contribution in [0.2, 0.25) is 0 Å². The lowest BCUT2D eigenvalue weighted by atomic mass is 9.97. The van der Waals surface area contributed by atoms with Crippen LogP contribution in [0.1, 0.15) is 42.1 Å². The number of carbonyl (C=O) groups excluding carboxylic acids is 1. The molecule has 27 heavy (non-hydrogen) atoms. The third kappa shape index (κ3) is 4.04. The van der Waals surface area contributed by atoms with Gasteiger partial charge in [0.15, 0.2) is 11.7 Å². The van der Waals surface area contributed by atoms with Gasteiger partial charge in [0, 0.05) is 12.7 Å². The van der Waals surface area contributed by atoms with Gasteiger partial charge in [-0.25, -0.2) is 0 Å². The summed E-state index contributed by atoms with van der Waals surface area (Å²) >= 11 is 1.62. The van der Waals surface area contributed by atoms with E-state index >= 15 is 0 Å². The van der Waals surface area contributed by atoms with Gasteiger partial charge in [-0.1, -0.05) is 17.8 Å². The van der Waals surface area contributed by atoms with E-state index in [1.165, 1.54) is 28.9 Å². The maximum absolute atomic E-state index is 12.6. The summed E-state index contributed by atoms with van der Waals surface area (Å²) in [7, 11) is 2.04. The van der Waals surface area contributed by atoms with Gasteiger partial charge in [0.2, 0.25) is 0 Å². The minimum atomic E-state index is 0.103. The first kappa shape index (κ1) is 18.5. The molecule has 1 fully saturated rings. The van der Waals surface area contributed by atoms with E-state index in [2.05, 4.69) is 32.2 Å². The van der Waals surface area contributed by atoms with E-state index in [1.807, 2.05) is 19.4 Å². The number of hydrogen-bond donors (Lipinski definition) is 2. The Bertz CT molecular complexity index is 834. The first-order chi connectivity index (χ1) is 13.1. The molecule has 1 aromatic carbocycles. The summed E-state index contributed by atoms with van der Waals surface area (Å²) in [6.07, 6.45) is 7.79. The van der Waals surface area contributed by atoms with Gasteiger partial charge in [0.05, 0.1) is 19.0 Å². The number of hydrogen-bond acceptors (Lipinski definition) is 4. The van der Waals surface area contributed by atoms with E-state index in [0.717, 1.165) is 49.0 Å². The lowest BCUT2D eigenvalue weighted by Crippen LogP contribution is -3.14. The van der Waals surface area contributed by atoms with Crippen LogP contribution in [-0.2, 0) is 24.7 Å². The first-order valence-corrected chi connectivity index (χ1v) is 11.0. The second kappa shape index (κ2) is 8.02. The Balaban J connectivity index is 1.36. The zero-order chi connectivity index (χ0) is 18.8. The number of aryl methyl sites for hydroxylation is 2. The molecule has 0 spiro atoms. The molecule has 1 amide bonds. The molecule has 1 saturated heterocycles. The van der Waals surface area contributed by atoms with Crippen molar-refractivity contribution in [2.45, 2.75) is 43.2 Å². The van der Waals surface area contributed by atoms with Gasteiger partial charge in [-0.05, 0) is 61.6 Å². The molecule has 1 unspecified atom stereocenters. The summed E-state index contributed by atoms with van der Waals surface area (Å²) in [5.74, 6) is 1.53. The van der Waals surface area contributed by atoms with Crippen LogP contribution < -0.4 is 10.2 Å². The van der Waals surface area contributed by atoms with Crippen LogP contribution in [0.25, 0.3) is 0 Å². The lowest BCUT2D eigenvalue weighted by molar-refractivity contribution is -0.898. The average Bonchev–Trinajstić information content (AvgIpc) is 3.27. The molecule has 2 N–H and O–H groups in total. The van der Waals surface area contributed by atoms with E-state index < -0.39 is 0 Å². The van der Waals surface area contributed by atoms with Gasteiger partial charge in [-0.3, -0.25) is 4.79 Å². The molecule has 1 aromatic heterocycles. The number of fused-ring (bicyclic) bond motifs is 1. The quantitative estimate of drug-likeness (QED) is 0.763. The Hall–Kier alpha value is -1.86. The van der Waals surface area contributed by atoms with Gasteiger partial charge in [-0.15, -0.1) is 10.2 Å². The molecule has 4 rings (SSSR count). The number of benzene rings is 1. The third-order valence-electron chi connectivity index (χ3n) is 5.83. The maximum atomic E-state index is 12.6. The van der Waals surface area contributed by atoms with Gasteiger partial charge in [0.25, 0.3) is 5.91 Å². The average molecular weight is 387 g/mol. The Morgan fingerprint density at radius 1 is 1.30 bits per heavy atom. The molecule has 2 atom stereocenters. The van der Waals surface area contributed by atoms with Crippen LogP contribution in [-0.4, -0.2) is 46.6 Å². The smallest absolute Gasteiger partial charge is 0.279 e. The standard InChI is InChI=1S/C20H27N5OS/c1-24-19(22-23-20(24)27-2)16-7-4-10-25(12-16)13-18(26)21-17-9-8-14-5-3-6-15(14)11-17/h8-9,11,16H,3-7,10,12-13H2,1-2H3,(H,21,26)/p+1/t16-/m0/s1. The topological polar surface area (TPSA) is 64.2 Å². The summed E-state index contributed by atoms with van der Waals surface area (Å²) in [4.78, 5) is 13.9. The van der Waals surface area contributed by atoms with Crippen molar-refractivity contribution < 1.29 is 9.69 Å². The lowest BCUT2D eigenvalue weighted by Gasteiger charge is -2.28. The SMILES string of the molecule is CSc1nnc([C@H]2CCC[NH+](CC(=O)Nc3ccc4c(c3)CCC4)C2)n1C. The van der Waals surface area contributed by atoms with Gasteiger partial charge in [0.1, 0.15) is 5.82 Å². The zero-order valence-corrected chi connectivity index (χ0v) is 16.9. The van der Waals surface area contributed by atoms with Crippen LogP contribution in [0.3, 0.4) is 0 Å². The largest absolute Gasteiger partial charge is 0.327 e. The maximum Gasteiger partial charge on any atom is 0.279 e. The Morgan fingerprint density at radius 2 is 2.15 bits per heavy atom. The number of carbonyl (C=O) groups is 1. The highest BCUT2D eigenvalue weighted by Gasteiger charge is 2.29. The normalized spacial score (nSPS) is 21.9. The predicted molar refractivity (Wildman–Crippen MR) is 107 cm³/mol. The number of piperidine rings is 1. The molecule has 0 radical (unpaired) electrons. The molecule has 0 bridgehead atoms. The Kier molecular flexibility index (Phi) is 5.50. The summed E-state index contributed by atoms with van der Waals surface area (Å²) in [5.41, 5.74) is 3.77. The van der Waals surface area contributed by atoms with Crippen molar-refractivity contribution in [3.8, 4) is 0 Å². The van der Waals surface area contributed by atoms with Crippen molar-refractivity contribution in [3.63, 3.8) is 0 Å². The van der Waals surface area contributed by atoms with E-state index in [-0.39, 0.29) is 5.91 Å². The first-order valence-electron chi connectivity index (χ1n) is 9.82. The van der Waals surface area contributed by atoms with Gasteiger partial charge in [-0.2, -0.15) is 0 Å². The molecule has 2 aliphatic rings. The van der Waals surface area contributed by atoms with E-state index in [1.54, 1.807) is 11.8 Å². The Labute approximate surface area is 164 Å². The number of likely N-dealkylation sites (tertiary alicyclic amines) is 1. The fourth-order valence-electron chi connectivity index (χ4n) is 4.47. The van der Waals surface area contributed by atoms with Crippen molar-refractivity contribution >= 4 is 23.4 Å². The fraction of sp³-hybridized carbons (Fsp3) is 0.550. The molecule has 6 nitrogen and oxygen atoms in total. The number of amides is 1. The second-order valence-electron chi connectivity index (χ2n) is 7.71. The minimum Gasteiger partial charge on any atom is -0.327 e. The molecular formula is C20H28N5OS+. The van der Waals surface area contributed by atoms with E-state index in [9.17, 15) is 4.79 Å². The fourth-order valence-corrected chi connectivity index (χ4v) is 4.96. The van der Waals surface area contributed by atoms with Crippen LogP contribution in [0.4, 0.5) is 5.69 Å². The van der Waals surface area contributed by atoms with Crippen molar-refractivity contribution in [2.75, 3.05) is 31.2 Å². The molecule has 144 valence electrons. The van der Waals surface area contributed by atoms with E-state index in [0.29, 0.717) is 12.5 Å². The van der Waals surface area contributed by atoms with Gasteiger partial charge < -0.3 is 14.8 Å². The minimum absolute atomic E-state index is 0.103. The van der Waals surface area contributed by atoms with Crippen molar-refractivity contribution in [1.29, 1.82) is 0 Å². The predicted octanol–water partition coefficient (Wildman–Crippen LogP) is 1.43. The molecule has 1 aliphatic heterocycles. The molecule has 1 aliphatic carbocycles. The second-order valence-corrected chi connectivity index (χ2v) is 8.48. The number of thioether (sulfide) groups is 1. The number of rotatable bonds is 5. The summed E-state index contributed by atoms with van der Waals surface area (Å²) in [6.45, 7) is 2.50. The highest BCUT2D eigenvalue weighted by molar-refractivity contribution is 7.98. The Morgan fingerprint density at radius 3 is 2.96 bits per heavy atom. The van der Waals surface area contributed by atoms with Crippen LogP contribution in [0.15, 0.2) is 23.4 Å². The van der Waals surface area contributed by atoms with E-state index in [4.69, 9.17) is 0 Å². The number of anilines is 1. The van der Waals surface area contributed by atoms with Crippen LogP contribution >= 0.6 is 11.8 Å². The molecular weight excluding hydrogens is 358 g/mol. The third-order valence-corrected chi connectivity index (χ3v) is 6.55. The molecule has 0 saturated carbocycles. The number of quaternary nitrogens is 1. The van der Waals surface area contributed by atoms with Crippen LogP contribution in [0.5, 0.6) is 0 Å². The number of aromatic nitrogens is 3. The highest BCUT2D eigenvalue weighted by atomic mass is 32.2. The van der Waals surface area contributed by atoms with Crippen LogP contribution in [0, 0.1) is 0 Å². The monoisotopic (exact) mass is 386 g/mol. The van der Waals surface area contributed by atoms with Crippen molar-refractivity contribution in [1.82, 2.24) is 14.8 Å². The van der Waals surface area contributed by atoms with Gasteiger partial charge >= 0.3 is 0 Å². The highest BCUT2D eigenvalue weighted by Crippen LogP contribution is 2.25. The summed E-state index contributed by atoms with van der Waals surface area (Å²) < 4.78 is 2.10. The molecule has 2 aromatic rings. The summed E-state index contributed by atoms with van der Waals surface area (Å²) in [6, 6.07) is 6.36. The van der Waals surface area contributed by atoms with Crippen molar-refractivity contribution in [3.05, 3.63) is 35.2 Å². The molecule has 2 heterocycles. The number of nitrogens with zero attached hydrogens (tertiary/aromatic N) is 3.